The molecule has 27 heavy (non-hydrogen) atoms. The summed E-state index contributed by atoms with van der Waals surface area (Å²) in [6.45, 7) is 10.6. The quantitative estimate of drug-likeness (QED) is 0.353. The van der Waals surface area contributed by atoms with E-state index in [4.69, 9.17) is 4.74 Å². The molecule has 2 saturated heterocycles. The van der Waals surface area contributed by atoms with Gasteiger partial charge < -0.3 is 15.4 Å². The third-order valence-electron chi connectivity index (χ3n) is 5.89. The zero-order valence-electron chi connectivity index (χ0n) is 16.9. The third-order valence-corrected chi connectivity index (χ3v) is 7.13. The molecule has 0 atom stereocenters. The molecule has 3 rings (SSSR count). The maximum Gasteiger partial charge on any atom is 0.191 e. The van der Waals surface area contributed by atoms with Crippen LogP contribution in [-0.2, 0) is 10.2 Å². The largest absolute Gasteiger partial charge is 0.381 e. The minimum atomic E-state index is 0. The van der Waals surface area contributed by atoms with Gasteiger partial charge in [-0.05, 0) is 50.2 Å². The Bertz CT molecular complexity index is 579. The Morgan fingerprint density at radius 3 is 2.56 bits per heavy atom. The van der Waals surface area contributed by atoms with Gasteiger partial charge in [-0.3, -0.25) is 9.89 Å². The van der Waals surface area contributed by atoms with Crippen molar-refractivity contribution >= 4 is 41.3 Å². The van der Waals surface area contributed by atoms with Crippen molar-refractivity contribution in [2.75, 3.05) is 46.4 Å². The second-order valence-electron chi connectivity index (χ2n) is 8.17. The fourth-order valence-corrected chi connectivity index (χ4v) is 4.92. The van der Waals surface area contributed by atoms with E-state index < -0.39 is 0 Å². The number of ether oxygens (including phenoxy) is 1. The van der Waals surface area contributed by atoms with E-state index >= 15 is 0 Å². The molecule has 2 N–H and O–H groups in total. The summed E-state index contributed by atoms with van der Waals surface area (Å²) in [5, 5.41) is 9.31. The summed E-state index contributed by atoms with van der Waals surface area (Å²) in [5.74, 6) is 0.902. The SMILES string of the molecule is CN=C(NCC(C)(C)c1cccs1)NCC1(N2CCCC2)CCOCC1.I. The summed E-state index contributed by atoms with van der Waals surface area (Å²) in [6, 6.07) is 4.34. The van der Waals surface area contributed by atoms with Gasteiger partial charge in [0.25, 0.3) is 0 Å². The average Bonchev–Trinajstić information content (AvgIpc) is 3.37. The van der Waals surface area contributed by atoms with E-state index in [2.05, 4.69) is 51.9 Å². The summed E-state index contributed by atoms with van der Waals surface area (Å²) in [7, 11) is 1.86. The predicted octanol–water partition coefficient (Wildman–Crippen LogP) is 3.45. The first-order chi connectivity index (χ1) is 12.6. The molecule has 0 unspecified atom stereocenters. The van der Waals surface area contributed by atoms with Gasteiger partial charge in [0.15, 0.2) is 5.96 Å². The summed E-state index contributed by atoms with van der Waals surface area (Å²) >= 11 is 1.82. The number of guanidine groups is 1. The average molecular weight is 506 g/mol. The highest BCUT2D eigenvalue weighted by molar-refractivity contribution is 14.0. The smallest absolute Gasteiger partial charge is 0.191 e. The van der Waals surface area contributed by atoms with Crippen LogP contribution in [-0.4, -0.2) is 62.8 Å². The standard InChI is InChI=1S/C20H34N4OS.HI/c1-19(2,17-7-6-14-26-17)15-22-18(21-3)23-16-20(8-12-25-13-9-20)24-10-4-5-11-24;/h6-7,14H,4-5,8-13,15-16H2,1-3H3,(H2,21,22,23);1H. The molecular formula is C20H35IN4OS. The minimum Gasteiger partial charge on any atom is -0.381 e. The van der Waals surface area contributed by atoms with Crippen molar-refractivity contribution in [1.29, 1.82) is 0 Å². The molecular weight excluding hydrogens is 471 g/mol. The van der Waals surface area contributed by atoms with Gasteiger partial charge in [-0.1, -0.05) is 19.9 Å². The number of hydrogen-bond acceptors (Lipinski definition) is 4. The van der Waals surface area contributed by atoms with Crippen LogP contribution in [0.5, 0.6) is 0 Å². The molecule has 2 aliphatic heterocycles. The van der Waals surface area contributed by atoms with Gasteiger partial charge in [0.05, 0.1) is 0 Å². The summed E-state index contributed by atoms with van der Waals surface area (Å²) in [4.78, 5) is 8.55. The first-order valence-corrected chi connectivity index (χ1v) is 10.8. The zero-order chi connectivity index (χ0) is 18.5. The van der Waals surface area contributed by atoms with Crippen LogP contribution >= 0.6 is 35.3 Å². The van der Waals surface area contributed by atoms with Crippen LogP contribution in [0, 0.1) is 0 Å². The Kier molecular flexibility index (Phi) is 8.83. The lowest BCUT2D eigenvalue weighted by atomic mass is 9.88. The Morgan fingerprint density at radius 1 is 1.26 bits per heavy atom. The van der Waals surface area contributed by atoms with Gasteiger partial charge in [0.1, 0.15) is 0 Å². The first-order valence-electron chi connectivity index (χ1n) is 9.87. The second-order valence-corrected chi connectivity index (χ2v) is 9.12. The van der Waals surface area contributed by atoms with Gasteiger partial charge in [0, 0.05) is 49.2 Å². The van der Waals surface area contributed by atoms with Crippen molar-refractivity contribution in [3.05, 3.63) is 22.4 Å². The molecule has 1 aromatic heterocycles. The van der Waals surface area contributed by atoms with Crippen LogP contribution in [0.2, 0.25) is 0 Å². The van der Waals surface area contributed by atoms with Gasteiger partial charge in [0.2, 0.25) is 0 Å². The summed E-state index contributed by atoms with van der Waals surface area (Å²) < 4.78 is 5.65. The molecule has 5 nitrogen and oxygen atoms in total. The number of nitrogens with zero attached hydrogens (tertiary/aromatic N) is 2. The molecule has 0 bridgehead atoms. The fraction of sp³-hybridized carbons (Fsp3) is 0.750. The van der Waals surface area contributed by atoms with E-state index in [0.717, 1.165) is 45.1 Å². The van der Waals surface area contributed by atoms with Crippen LogP contribution in [0.4, 0.5) is 0 Å². The number of rotatable bonds is 6. The van der Waals surface area contributed by atoms with Crippen molar-refractivity contribution in [3.8, 4) is 0 Å². The second kappa shape index (κ2) is 10.4. The topological polar surface area (TPSA) is 48.9 Å². The fourth-order valence-electron chi connectivity index (χ4n) is 4.07. The van der Waals surface area contributed by atoms with Crippen molar-refractivity contribution in [1.82, 2.24) is 15.5 Å². The maximum absolute atomic E-state index is 5.65. The molecule has 154 valence electrons. The van der Waals surface area contributed by atoms with E-state index in [1.807, 2.05) is 18.4 Å². The minimum absolute atomic E-state index is 0. The highest BCUT2D eigenvalue weighted by Crippen LogP contribution is 2.31. The van der Waals surface area contributed by atoms with Crippen molar-refractivity contribution in [2.45, 2.75) is 50.5 Å². The number of thiophene rings is 1. The molecule has 0 aliphatic carbocycles. The number of likely N-dealkylation sites (tertiary alicyclic amines) is 1. The summed E-state index contributed by atoms with van der Waals surface area (Å²) in [6.07, 6.45) is 4.87. The van der Waals surface area contributed by atoms with Crippen molar-refractivity contribution in [2.24, 2.45) is 4.99 Å². The monoisotopic (exact) mass is 506 g/mol. The molecule has 0 aromatic carbocycles. The van der Waals surface area contributed by atoms with Crippen molar-refractivity contribution < 1.29 is 4.74 Å². The van der Waals surface area contributed by atoms with E-state index in [1.54, 1.807) is 0 Å². The zero-order valence-corrected chi connectivity index (χ0v) is 20.1. The maximum atomic E-state index is 5.65. The molecule has 3 heterocycles. The molecule has 1 aromatic rings. The van der Waals surface area contributed by atoms with Gasteiger partial charge >= 0.3 is 0 Å². The molecule has 0 spiro atoms. The highest BCUT2D eigenvalue weighted by atomic mass is 127. The van der Waals surface area contributed by atoms with E-state index in [1.165, 1.54) is 30.8 Å². The van der Waals surface area contributed by atoms with Crippen LogP contribution in [0.15, 0.2) is 22.5 Å². The van der Waals surface area contributed by atoms with Crippen LogP contribution in [0.1, 0.15) is 44.4 Å². The summed E-state index contributed by atoms with van der Waals surface area (Å²) in [5.41, 5.74) is 0.312. The Balaban J connectivity index is 0.00000261. The number of hydrogen-bond donors (Lipinski definition) is 2. The molecule has 0 saturated carbocycles. The van der Waals surface area contributed by atoms with E-state index in [9.17, 15) is 0 Å². The molecule has 2 fully saturated rings. The Labute approximate surface area is 185 Å². The number of nitrogens with one attached hydrogen (secondary N) is 2. The Hall–Kier alpha value is -0.380. The number of aliphatic imine (C=N–C) groups is 1. The number of halogens is 1. The van der Waals surface area contributed by atoms with Gasteiger partial charge in [-0.15, -0.1) is 35.3 Å². The molecule has 0 radical (unpaired) electrons. The van der Waals surface area contributed by atoms with E-state index in [0.29, 0.717) is 0 Å². The Morgan fingerprint density at radius 2 is 1.96 bits per heavy atom. The highest BCUT2D eigenvalue weighted by Gasteiger charge is 2.39. The molecule has 0 amide bonds. The van der Waals surface area contributed by atoms with Crippen LogP contribution in [0.3, 0.4) is 0 Å². The van der Waals surface area contributed by atoms with Crippen molar-refractivity contribution in [3.63, 3.8) is 0 Å². The van der Waals surface area contributed by atoms with Gasteiger partial charge in [-0.25, -0.2) is 0 Å². The van der Waals surface area contributed by atoms with Crippen LogP contribution < -0.4 is 10.6 Å². The third kappa shape index (κ3) is 5.81. The lowest BCUT2D eigenvalue weighted by Gasteiger charge is -2.45. The first kappa shape index (κ1) is 22.9. The molecule has 2 aliphatic rings. The predicted molar refractivity (Wildman–Crippen MR) is 126 cm³/mol. The lowest BCUT2D eigenvalue weighted by molar-refractivity contribution is -0.0164. The van der Waals surface area contributed by atoms with Crippen LogP contribution in [0.25, 0.3) is 0 Å². The van der Waals surface area contributed by atoms with Gasteiger partial charge in [-0.2, -0.15) is 0 Å². The van der Waals surface area contributed by atoms with E-state index in [-0.39, 0.29) is 34.9 Å². The normalized spacial score (nSPS) is 20.9. The molecule has 7 heteroatoms. The lowest BCUT2D eigenvalue weighted by Crippen LogP contribution is -2.59.